The van der Waals surface area contributed by atoms with Gasteiger partial charge in [-0.25, -0.2) is 8.42 Å². The van der Waals surface area contributed by atoms with E-state index in [1.165, 1.54) is 0 Å². The van der Waals surface area contributed by atoms with Crippen LogP contribution in [0.15, 0.2) is 55.1 Å². The molecule has 1 N–H and O–H groups in total. The molecule has 112 valence electrons. The van der Waals surface area contributed by atoms with E-state index in [0.717, 1.165) is 14.9 Å². The maximum absolute atomic E-state index is 12.5. The Bertz CT molecular complexity index is 759. The van der Waals surface area contributed by atoms with Gasteiger partial charge in [0.05, 0.1) is 0 Å². The molecule has 0 fully saturated rings. The van der Waals surface area contributed by atoms with E-state index < -0.39 is 10.0 Å². The summed E-state index contributed by atoms with van der Waals surface area (Å²) in [4.78, 5) is 1.28. The maximum atomic E-state index is 12.5. The van der Waals surface area contributed by atoms with Crippen LogP contribution in [0.3, 0.4) is 0 Å². The largest absolute Gasteiger partial charge is 0.280 e. The summed E-state index contributed by atoms with van der Waals surface area (Å²) in [6, 6.07) is 10.6. The van der Waals surface area contributed by atoms with Crippen molar-refractivity contribution in [1.29, 1.82) is 0 Å². The summed E-state index contributed by atoms with van der Waals surface area (Å²) in [6.07, 6.45) is 1.97. The van der Waals surface area contributed by atoms with Gasteiger partial charge in [-0.2, -0.15) is 0 Å². The highest BCUT2D eigenvalue weighted by Crippen LogP contribution is 2.30. The Morgan fingerprint density at radius 3 is 2.24 bits per heavy atom. The van der Waals surface area contributed by atoms with Crippen LogP contribution in [-0.2, 0) is 10.0 Å². The molecule has 0 aliphatic carbocycles. The number of hydrogen-bond acceptors (Lipinski definition) is 3. The molecule has 3 nitrogen and oxygen atoms in total. The van der Waals surface area contributed by atoms with Gasteiger partial charge < -0.3 is 0 Å². The van der Waals surface area contributed by atoms with E-state index in [1.807, 2.05) is 25.3 Å². The molecule has 2 aromatic carbocycles. The second kappa shape index (κ2) is 6.73. The molecular formula is C14H13Br2NO2S2. The number of benzene rings is 2. The maximum Gasteiger partial charge on any atom is 0.263 e. The normalized spacial score (nSPS) is 11.4. The second-order valence-electron chi connectivity index (χ2n) is 4.37. The highest BCUT2D eigenvalue weighted by atomic mass is 79.9. The Hall–Kier alpha value is -0.500. The predicted molar refractivity (Wildman–Crippen MR) is 95.6 cm³/mol. The van der Waals surface area contributed by atoms with Gasteiger partial charge in [0.15, 0.2) is 0 Å². The quantitative estimate of drug-likeness (QED) is 0.663. The van der Waals surface area contributed by atoms with Crippen molar-refractivity contribution in [2.75, 3.05) is 11.0 Å². The molecule has 0 aliphatic heterocycles. The third kappa shape index (κ3) is 4.03. The van der Waals surface area contributed by atoms with E-state index in [-0.39, 0.29) is 4.90 Å². The average molecular weight is 451 g/mol. The van der Waals surface area contributed by atoms with Crippen LogP contribution in [0, 0.1) is 6.92 Å². The van der Waals surface area contributed by atoms with Crippen LogP contribution in [0.4, 0.5) is 5.69 Å². The van der Waals surface area contributed by atoms with Crippen molar-refractivity contribution in [3.8, 4) is 0 Å². The van der Waals surface area contributed by atoms with Crippen LogP contribution in [0.5, 0.6) is 0 Å². The van der Waals surface area contributed by atoms with Gasteiger partial charge in [-0.3, -0.25) is 4.72 Å². The van der Waals surface area contributed by atoms with Gasteiger partial charge in [0.2, 0.25) is 0 Å². The topological polar surface area (TPSA) is 46.2 Å². The molecule has 0 spiro atoms. The number of sulfonamides is 1. The van der Waals surface area contributed by atoms with Crippen LogP contribution < -0.4 is 4.72 Å². The summed E-state index contributed by atoms with van der Waals surface area (Å²) >= 11 is 8.28. The first-order chi connectivity index (χ1) is 9.83. The van der Waals surface area contributed by atoms with E-state index in [9.17, 15) is 8.42 Å². The van der Waals surface area contributed by atoms with Gasteiger partial charge >= 0.3 is 0 Å². The Morgan fingerprint density at radius 1 is 1.05 bits per heavy atom. The Kier molecular flexibility index (Phi) is 5.40. The van der Waals surface area contributed by atoms with Crippen molar-refractivity contribution in [2.45, 2.75) is 16.7 Å². The lowest BCUT2D eigenvalue weighted by molar-refractivity contribution is 0.600. The predicted octanol–water partition coefficient (Wildman–Crippen LogP) is 5.04. The van der Waals surface area contributed by atoms with E-state index in [1.54, 1.807) is 36.0 Å². The molecule has 2 rings (SSSR count). The molecule has 0 saturated carbocycles. The summed E-state index contributed by atoms with van der Waals surface area (Å²) < 4.78 is 28.8. The first kappa shape index (κ1) is 16.9. The number of aryl methyl sites for hydroxylation is 1. The van der Waals surface area contributed by atoms with Crippen molar-refractivity contribution in [3.63, 3.8) is 0 Å². The lowest BCUT2D eigenvalue weighted by Crippen LogP contribution is -2.13. The third-order valence-corrected chi connectivity index (χ3v) is 6.78. The van der Waals surface area contributed by atoms with E-state index in [2.05, 4.69) is 36.6 Å². The number of nitrogens with one attached hydrogen (secondary N) is 1. The van der Waals surface area contributed by atoms with Crippen molar-refractivity contribution < 1.29 is 8.42 Å². The monoisotopic (exact) mass is 449 g/mol. The fourth-order valence-corrected chi connectivity index (χ4v) is 4.85. The van der Waals surface area contributed by atoms with E-state index >= 15 is 0 Å². The van der Waals surface area contributed by atoms with Crippen molar-refractivity contribution in [3.05, 3.63) is 50.9 Å². The SMILES string of the molecule is CSc1ccc(NS(=O)(=O)c2cc(Br)c(C)cc2Br)cc1. The zero-order chi connectivity index (χ0) is 15.6. The Balaban J connectivity index is 2.35. The molecule has 0 radical (unpaired) electrons. The lowest BCUT2D eigenvalue weighted by atomic mass is 10.2. The van der Waals surface area contributed by atoms with Gasteiger partial charge in [0.1, 0.15) is 4.90 Å². The van der Waals surface area contributed by atoms with Crippen molar-refractivity contribution in [2.24, 2.45) is 0 Å². The molecule has 7 heteroatoms. The van der Waals surface area contributed by atoms with Gasteiger partial charge in [-0.05, 0) is 71.1 Å². The molecule has 0 unspecified atom stereocenters. The lowest BCUT2D eigenvalue weighted by Gasteiger charge is -2.11. The molecule has 2 aromatic rings. The molecular weight excluding hydrogens is 438 g/mol. The zero-order valence-electron chi connectivity index (χ0n) is 11.4. The summed E-state index contributed by atoms with van der Waals surface area (Å²) in [5, 5.41) is 0. The van der Waals surface area contributed by atoms with Crippen LogP contribution >= 0.6 is 43.6 Å². The summed E-state index contributed by atoms with van der Waals surface area (Å²) in [5.74, 6) is 0. The average Bonchev–Trinajstić information content (AvgIpc) is 2.43. The number of hydrogen-bond donors (Lipinski definition) is 1. The first-order valence-corrected chi connectivity index (χ1v) is 10.3. The fourth-order valence-electron chi connectivity index (χ4n) is 1.70. The number of anilines is 1. The van der Waals surface area contributed by atoms with E-state index in [4.69, 9.17) is 0 Å². The molecule has 0 aliphatic rings. The Morgan fingerprint density at radius 2 is 1.67 bits per heavy atom. The Labute approximate surface area is 145 Å². The smallest absolute Gasteiger partial charge is 0.263 e. The van der Waals surface area contributed by atoms with Crippen LogP contribution in [-0.4, -0.2) is 14.7 Å². The minimum Gasteiger partial charge on any atom is -0.280 e. The van der Waals surface area contributed by atoms with Crippen LogP contribution in [0.25, 0.3) is 0 Å². The minimum absolute atomic E-state index is 0.203. The van der Waals surface area contributed by atoms with Gasteiger partial charge in [0.25, 0.3) is 10.0 Å². The molecule has 0 heterocycles. The number of thioether (sulfide) groups is 1. The van der Waals surface area contributed by atoms with E-state index in [0.29, 0.717) is 10.2 Å². The van der Waals surface area contributed by atoms with Crippen LogP contribution in [0.2, 0.25) is 0 Å². The van der Waals surface area contributed by atoms with Gasteiger partial charge in [-0.1, -0.05) is 15.9 Å². The number of rotatable bonds is 4. The zero-order valence-corrected chi connectivity index (χ0v) is 16.2. The minimum atomic E-state index is -3.64. The fraction of sp³-hybridized carbons (Fsp3) is 0.143. The summed E-state index contributed by atoms with van der Waals surface area (Å²) in [7, 11) is -3.64. The molecule has 21 heavy (non-hydrogen) atoms. The molecule has 0 amide bonds. The van der Waals surface area contributed by atoms with Crippen molar-refractivity contribution in [1.82, 2.24) is 0 Å². The highest BCUT2D eigenvalue weighted by molar-refractivity contribution is 9.11. The second-order valence-corrected chi connectivity index (χ2v) is 8.60. The van der Waals surface area contributed by atoms with Crippen molar-refractivity contribution >= 4 is 59.3 Å². The highest BCUT2D eigenvalue weighted by Gasteiger charge is 2.19. The number of halogens is 2. The van der Waals surface area contributed by atoms with Crippen LogP contribution in [0.1, 0.15) is 5.56 Å². The molecule has 0 bridgehead atoms. The summed E-state index contributed by atoms with van der Waals surface area (Å²) in [6.45, 7) is 1.90. The third-order valence-electron chi connectivity index (χ3n) is 2.84. The standard InChI is InChI=1S/C14H13Br2NO2S2/c1-9-7-13(16)14(8-12(9)15)21(18,19)17-10-3-5-11(20-2)6-4-10/h3-8,17H,1-2H3. The molecule has 0 atom stereocenters. The van der Waals surface area contributed by atoms with Gasteiger partial charge in [0, 0.05) is 19.5 Å². The summed E-state index contributed by atoms with van der Waals surface area (Å²) in [5.41, 5.74) is 1.50. The molecule has 0 saturated heterocycles. The first-order valence-electron chi connectivity index (χ1n) is 5.96. The van der Waals surface area contributed by atoms with Gasteiger partial charge in [-0.15, -0.1) is 11.8 Å². The molecule has 0 aromatic heterocycles.